The monoisotopic (exact) mass is 768 g/mol. The summed E-state index contributed by atoms with van der Waals surface area (Å²) in [5.74, 6) is -1.49. The standard InChI is InChI=1S/C14H35NO5Si4.C9H12O5.C6H9NO4/c1-11-17-14(16)15-12-13-24(18-21(2,3)4,19-22(5,6)7)20-23(8,9)10;1-4-12-9(11)14-6-5-13-8(10)7(2)3;1-2-11-6(10)7-4-3-5(8)9/h11H,1,12-13H2,2-10H3,(H,15,16);4H,1-2,5-6H2,3H3;2H,1,3-4H2,(H,7,10)(H,8,9). The molecule has 49 heavy (non-hydrogen) atoms. The molecule has 0 saturated heterocycles. The number of carbonyl (C=O) groups excluding carboxylic acids is 4. The highest BCUT2D eigenvalue weighted by Gasteiger charge is 2.49. The predicted octanol–water partition coefficient (Wildman–Crippen LogP) is 6.08. The number of carboxylic acids is 1. The first kappa shape index (κ1) is 49.8. The summed E-state index contributed by atoms with van der Waals surface area (Å²) in [6.45, 7) is 34.1. The Morgan fingerprint density at radius 2 is 1.04 bits per heavy atom. The van der Waals surface area contributed by atoms with E-state index < -0.39 is 64.0 Å². The van der Waals surface area contributed by atoms with Crippen LogP contribution in [0.1, 0.15) is 13.3 Å². The highest BCUT2D eigenvalue weighted by atomic mass is 28.5. The smallest absolute Gasteiger partial charge is 0.481 e. The third-order valence-electron chi connectivity index (χ3n) is 4.14. The van der Waals surface area contributed by atoms with E-state index in [0.717, 1.165) is 18.8 Å². The van der Waals surface area contributed by atoms with Crippen molar-refractivity contribution in [2.75, 3.05) is 26.3 Å². The van der Waals surface area contributed by atoms with Crippen LogP contribution in [-0.2, 0) is 45.6 Å². The summed E-state index contributed by atoms with van der Waals surface area (Å²) < 4.78 is 41.8. The fourth-order valence-corrected chi connectivity index (χ4v) is 17.4. The Labute approximate surface area is 294 Å². The third kappa shape index (κ3) is 35.6. The fourth-order valence-electron chi connectivity index (χ4n) is 2.92. The Balaban J connectivity index is -0.000000715. The molecule has 0 heterocycles. The number of amides is 2. The minimum atomic E-state index is -2.90. The number of ether oxygens (including phenoxy) is 5. The maximum Gasteiger partial charge on any atom is 0.513 e. The van der Waals surface area contributed by atoms with Gasteiger partial charge in [0.15, 0.2) is 25.0 Å². The first-order chi connectivity index (χ1) is 22.3. The van der Waals surface area contributed by atoms with Crippen molar-refractivity contribution in [3.8, 4) is 0 Å². The van der Waals surface area contributed by atoms with Gasteiger partial charge in [-0.05, 0) is 65.8 Å². The van der Waals surface area contributed by atoms with E-state index in [1.165, 1.54) is 6.92 Å². The van der Waals surface area contributed by atoms with Crippen molar-refractivity contribution in [1.29, 1.82) is 0 Å². The first-order valence-electron chi connectivity index (χ1n) is 15.0. The molecule has 0 radical (unpaired) electrons. The van der Waals surface area contributed by atoms with Crippen LogP contribution in [0, 0.1) is 0 Å². The fraction of sp³-hybridized carbons (Fsp3) is 0.552. The molecule has 0 aromatic rings. The maximum atomic E-state index is 11.5. The maximum absolute atomic E-state index is 11.5. The molecule has 0 aromatic heterocycles. The number of aliphatic carboxylic acids is 1. The molecule has 16 nitrogen and oxygen atoms in total. The molecule has 0 spiro atoms. The lowest BCUT2D eigenvalue weighted by atomic mass is 10.4. The Morgan fingerprint density at radius 3 is 1.39 bits per heavy atom. The largest absolute Gasteiger partial charge is 0.513 e. The quantitative estimate of drug-likeness (QED) is 0.0340. The third-order valence-corrected chi connectivity index (χ3v) is 16.1. The summed E-state index contributed by atoms with van der Waals surface area (Å²) in [5.41, 5.74) is 0.290. The number of esters is 1. The van der Waals surface area contributed by atoms with Crippen LogP contribution >= 0.6 is 0 Å². The number of nitrogens with one attached hydrogen (secondary N) is 2. The minimum Gasteiger partial charge on any atom is -0.481 e. The van der Waals surface area contributed by atoms with Crippen LogP contribution in [0.25, 0.3) is 0 Å². The second kappa shape index (κ2) is 25.4. The van der Waals surface area contributed by atoms with Crippen molar-refractivity contribution < 1.29 is 65.1 Å². The molecule has 0 unspecified atom stereocenters. The van der Waals surface area contributed by atoms with Gasteiger partial charge in [0.2, 0.25) is 0 Å². The van der Waals surface area contributed by atoms with Crippen molar-refractivity contribution in [3.63, 3.8) is 0 Å². The van der Waals surface area contributed by atoms with Crippen LogP contribution in [0.5, 0.6) is 0 Å². The zero-order valence-corrected chi connectivity index (χ0v) is 34.6. The molecular weight excluding hydrogens is 713 g/mol. The van der Waals surface area contributed by atoms with Crippen LogP contribution in [-0.4, -0.2) is 95.4 Å². The number of hydrogen-bond acceptors (Lipinski definition) is 13. The van der Waals surface area contributed by atoms with Gasteiger partial charge in [-0.2, -0.15) is 0 Å². The molecular formula is C29H56N2O14Si4. The first-order valence-corrected chi connectivity index (χ1v) is 27.2. The lowest BCUT2D eigenvalue weighted by Crippen LogP contribution is -2.61. The molecule has 2 amide bonds. The summed E-state index contributed by atoms with van der Waals surface area (Å²) in [7, 11) is -8.57. The van der Waals surface area contributed by atoms with Gasteiger partial charge < -0.3 is 51.8 Å². The number of alkyl carbamates (subject to hydrolysis) is 2. The van der Waals surface area contributed by atoms with Gasteiger partial charge in [-0.25, -0.2) is 19.2 Å². The van der Waals surface area contributed by atoms with Gasteiger partial charge in [-0.1, -0.05) is 26.3 Å². The summed E-state index contributed by atoms with van der Waals surface area (Å²) >= 11 is 0. The molecule has 282 valence electrons. The average molecular weight is 769 g/mol. The number of carbonyl (C=O) groups is 5. The molecule has 0 aromatic carbocycles. The molecule has 0 aliphatic rings. The van der Waals surface area contributed by atoms with E-state index in [1.54, 1.807) is 0 Å². The molecule has 0 aliphatic carbocycles. The molecule has 0 fully saturated rings. The van der Waals surface area contributed by atoms with Crippen LogP contribution in [0.3, 0.4) is 0 Å². The lowest BCUT2D eigenvalue weighted by molar-refractivity contribution is -0.140. The number of hydrogen-bond donors (Lipinski definition) is 3. The molecule has 0 rings (SSSR count). The van der Waals surface area contributed by atoms with Gasteiger partial charge in [0, 0.05) is 24.7 Å². The van der Waals surface area contributed by atoms with E-state index in [2.05, 4.69) is 115 Å². The normalized spacial score (nSPS) is 11.0. The Hall–Kier alpha value is -3.54. The lowest BCUT2D eigenvalue weighted by Gasteiger charge is -2.42. The average Bonchev–Trinajstić information content (AvgIpc) is 2.89. The van der Waals surface area contributed by atoms with Crippen LogP contribution in [0.2, 0.25) is 65.0 Å². The second-order valence-corrected chi connectivity index (χ2v) is 29.5. The van der Waals surface area contributed by atoms with Crippen molar-refractivity contribution in [2.24, 2.45) is 0 Å². The number of carboxylic acid groups (broad SMARTS) is 1. The van der Waals surface area contributed by atoms with E-state index in [9.17, 15) is 24.0 Å². The second-order valence-electron chi connectivity index (χ2n) is 12.5. The summed E-state index contributed by atoms with van der Waals surface area (Å²) in [5, 5.41) is 13.1. The van der Waals surface area contributed by atoms with Gasteiger partial charge in [0.25, 0.3) is 0 Å². The molecule has 0 atom stereocenters. The molecule has 20 heteroatoms. The van der Waals surface area contributed by atoms with Gasteiger partial charge in [-0.15, -0.1) is 0 Å². The van der Waals surface area contributed by atoms with Gasteiger partial charge in [0.05, 0.1) is 25.2 Å². The number of rotatable bonds is 19. The Bertz CT molecular complexity index is 1060. The summed E-state index contributed by atoms with van der Waals surface area (Å²) in [6.07, 6.45) is 0.801. The van der Waals surface area contributed by atoms with Crippen molar-refractivity contribution in [1.82, 2.24) is 10.6 Å². The highest BCUT2D eigenvalue weighted by molar-refractivity contribution is 6.90. The van der Waals surface area contributed by atoms with Crippen molar-refractivity contribution in [2.45, 2.75) is 78.3 Å². The Kier molecular flexibility index (Phi) is 25.9. The van der Waals surface area contributed by atoms with Crippen LogP contribution in [0.4, 0.5) is 14.4 Å². The van der Waals surface area contributed by atoms with Crippen molar-refractivity contribution >= 4 is 64.0 Å². The van der Waals surface area contributed by atoms with Gasteiger partial charge in [0.1, 0.15) is 13.2 Å². The van der Waals surface area contributed by atoms with E-state index >= 15 is 0 Å². The van der Waals surface area contributed by atoms with Crippen LogP contribution in [0.15, 0.2) is 50.7 Å². The molecule has 0 aliphatic heterocycles. The van der Waals surface area contributed by atoms with Crippen LogP contribution < -0.4 is 10.6 Å². The van der Waals surface area contributed by atoms with E-state index in [4.69, 9.17) is 22.2 Å². The zero-order chi connectivity index (χ0) is 38.9. The van der Waals surface area contributed by atoms with E-state index in [0.29, 0.717) is 18.2 Å². The summed E-state index contributed by atoms with van der Waals surface area (Å²) in [6, 6.07) is 0.540. The van der Waals surface area contributed by atoms with Gasteiger partial charge in [-0.3, -0.25) is 4.79 Å². The van der Waals surface area contributed by atoms with Crippen molar-refractivity contribution in [3.05, 3.63) is 50.7 Å². The molecule has 0 bridgehead atoms. The highest BCUT2D eigenvalue weighted by Crippen LogP contribution is 2.28. The zero-order valence-electron chi connectivity index (χ0n) is 30.6. The van der Waals surface area contributed by atoms with E-state index in [-0.39, 0.29) is 26.2 Å². The van der Waals surface area contributed by atoms with Gasteiger partial charge >= 0.3 is 39.1 Å². The molecule has 0 saturated carbocycles. The molecule has 3 N–H and O–H groups in total. The SMILES string of the molecule is C=COC(=O)NCCC(=O)O.C=COC(=O)NCC[Si](O[Si](C)(C)C)(O[Si](C)(C)C)O[Si](C)(C)C.C=COC(=O)OCCOC(=O)C(=C)C. The Morgan fingerprint density at radius 1 is 0.653 bits per heavy atom. The van der Waals surface area contributed by atoms with E-state index in [1.807, 2.05) is 0 Å². The summed E-state index contributed by atoms with van der Waals surface area (Å²) in [4.78, 5) is 53.2. The topological polar surface area (TPSA) is 203 Å². The minimum absolute atomic E-state index is 0.0298. The predicted molar refractivity (Wildman–Crippen MR) is 194 cm³/mol.